The number of morpholine rings is 2. The topological polar surface area (TPSA) is 184 Å². The van der Waals surface area contributed by atoms with Crippen molar-refractivity contribution in [3.05, 3.63) is 154 Å². The average molecular weight is 779 g/mol. The molecule has 58 heavy (non-hydrogen) atoms. The molecule has 4 aromatic carbocycles. The molecule has 2 atom stereocenters. The lowest BCUT2D eigenvalue weighted by molar-refractivity contribution is 0.0276. The first-order valence-electron chi connectivity index (χ1n) is 18.6. The summed E-state index contributed by atoms with van der Waals surface area (Å²) in [5, 5.41) is 38.4. The molecule has 2 aliphatic heterocycles. The smallest absolute Gasteiger partial charge is 0.259 e. The summed E-state index contributed by atoms with van der Waals surface area (Å²) >= 11 is 0. The predicted molar refractivity (Wildman–Crippen MR) is 213 cm³/mol. The van der Waals surface area contributed by atoms with Gasteiger partial charge in [0.1, 0.15) is 11.5 Å². The van der Waals surface area contributed by atoms with Gasteiger partial charge >= 0.3 is 0 Å². The van der Waals surface area contributed by atoms with E-state index < -0.39 is 5.82 Å². The Morgan fingerprint density at radius 1 is 0.759 bits per heavy atom. The fourth-order valence-electron chi connectivity index (χ4n) is 6.43. The third-order valence-corrected chi connectivity index (χ3v) is 9.60. The number of ether oxygens (including phenoxy) is 2. The van der Waals surface area contributed by atoms with Crippen molar-refractivity contribution in [3.8, 4) is 23.5 Å². The first kappa shape index (κ1) is 39.2. The van der Waals surface area contributed by atoms with Gasteiger partial charge in [0, 0.05) is 43.8 Å². The number of carbonyl (C=O) groups excluding carboxylic acids is 2. The number of rotatable bonds is 8. The van der Waals surface area contributed by atoms with Crippen molar-refractivity contribution in [2.45, 2.75) is 19.1 Å². The zero-order valence-corrected chi connectivity index (χ0v) is 31.5. The highest BCUT2D eigenvalue weighted by Gasteiger charge is 2.19. The molecule has 4 heterocycles. The van der Waals surface area contributed by atoms with E-state index in [4.69, 9.17) is 20.0 Å². The molecular weight excluding hydrogens is 740 g/mol. The Hall–Kier alpha value is -7.01. The van der Waals surface area contributed by atoms with Gasteiger partial charge in [-0.1, -0.05) is 24.3 Å². The highest BCUT2D eigenvalue weighted by molar-refractivity contribution is 6.05. The molecule has 2 aliphatic rings. The molecule has 4 N–H and O–H groups in total. The second-order valence-electron chi connectivity index (χ2n) is 13.4. The number of hydrogen-bond acceptors (Lipinski definition) is 10. The number of carbonyl (C=O) groups is 2. The van der Waals surface area contributed by atoms with Gasteiger partial charge in [0.05, 0.1) is 83.6 Å². The van der Waals surface area contributed by atoms with E-state index in [1.807, 2.05) is 61.5 Å². The van der Waals surface area contributed by atoms with Crippen molar-refractivity contribution < 1.29 is 23.5 Å². The largest absolute Gasteiger partial charge is 0.371 e. The van der Waals surface area contributed by atoms with Crippen LogP contribution in [0, 0.1) is 35.4 Å². The molecule has 0 bridgehead atoms. The number of aromatic nitrogens is 4. The third-order valence-electron chi connectivity index (χ3n) is 9.60. The molecule has 0 aliphatic carbocycles. The van der Waals surface area contributed by atoms with E-state index in [1.165, 1.54) is 29.2 Å². The van der Waals surface area contributed by atoms with E-state index in [1.54, 1.807) is 35.1 Å². The minimum absolute atomic E-state index is 0.00838. The quantitative estimate of drug-likeness (QED) is 0.148. The summed E-state index contributed by atoms with van der Waals surface area (Å²) in [7, 11) is 0. The summed E-state index contributed by atoms with van der Waals surface area (Å²) in [5.41, 5.74) is 6.75. The number of nitriles is 2. The van der Waals surface area contributed by atoms with Crippen LogP contribution < -0.4 is 21.3 Å². The minimum atomic E-state index is -0.589. The van der Waals surface area contributed by atoms with Crippen LogP contribution in [0.3, 0.4) is 0 Å². The molecule has 2 saturated heterocycles. The number of benzene rings is 4. The Bertz CT molecular complexity index is 2460. The lowest BCUT2D eigenvalue weighted by atomic mass is 10.1. The van der Waals surface area contributed by atoms with Crippen LogP contribution in [-0.4, -0.2) is 70.8 Å². The molecule has 6 aromatic rings. The number of anilines is 2. The number of nitrogens with one attached hydrogen (secondary N) is 4. The maximum Gasteiger partial charge on any atom is 0.259 e. The molecule has 14 nitrogen and oxygen atoms in total. The fraction of sp³-hybridized carbons (Fsp3) is 0.209. The van der Waals surface area contributed by atoms with Gasteiger partial charge < -0.3 is 30.7 Å². The van der Waals surface area contributed by atoms with Crippen molar-refractivity contribution in [1.29, 1.82) is 10.5 Å². The predicted octanol–water partition coefficient (Wildman–Crippen LogP) is 5.76. The minimum Gasteiger partial charge on any atom is -0.371 e. The summed E-state index contributed by atoms with van der Waals surface area (Å²) < 4.78 is 28.6. The Labute approximate surface area is 333 Å². The average Bonchev–Trinajstić information content (AvgIpc) is 3.92. The maximum absolute atomic E-state index is 14.1. The van der Waals surface area contributed by atoms with Crippen LogP contribution in [0.15, 0.2) is 110 Å². The summed E-state index contributed by atoms with van der Waals surface area (Å²) in [6.45, 7) is 6.50. The van der Waals surface area contributed by atoms with E-state index in [-0.39, 0.29) is 40.8 Å². The molecule has 0 spiro atoms. The van der Waals surface area contributed by atoms with Crippen LogP contribution in [0.1, 0.15) is 60.9 Å². The second-order valence-corrected chi connectivity index (χ2v) is 13.4. The molecule has 2 fully saturated rings. The van der Waals surface area contributed by atoms with Crippen molar-refractivity contribution in [3.63, 3.8) is 0 Å². The Morgan fingerprint density at radius 2 is 1.33 bits per heavy atom. The van der Waals surface area contributed by atoms with Crippen molar-refractivity contribution in [2.75, 3.05) is 50.0 Å². The van der Waals surface area contributed by atoms with Crippen LogP contribution in [0.4, 0.5) is 15.8 Å². The van der Waals surface area contributed by atoms with Gasteiger partial charge in [-0.05, 0) is 84.8 Å². The number of nitrogens with zero attached hydrogens (tertiary/aromatic N) is 6. The molecule has 2 amide bonds. The first-order valence-corrected chi connectivity index (χ1v) is 18.6. The normalized spacial score (nSPS) is 16.2. The molecule has 0 radical (unpaired) electrons. The Kier molecular flexibility index (Phi) is 12.4. The lowest BCUT2D eigenvalue weighted by Gasteiger charge is -2.24. The van der Waals surface area contributed by atoms with Crippen molar-refractivity contribution in [2.24, 2.45) is 0 Å². The van der Waals surface area contributed by atoms with Crippen LogP contribution >= 0.6 is 0 Å². The number of hydrogen-bond donors (Lipinski definition) is 4. The fourth-order valence-corrected chi connectivity index (χ4v) is 6.43. The zero-order chi connectivity index (χ0) is 40.4. The summed E-state index contributed by atoms with van der Waals surface area (Å²) in [4.78, 5) is 25.2. The van der Waals surface area contributed by atoms with E-state index in [2.05, 4.69) is 37.5 Å². The van der Waals surface area contributed by atoms with Crippen LogP contribution in [0.5, 0.6) is 0 Å². The van der Waals surface area contributed by atoms with E-state index >= 15 is 0 Å². The summed E-state index contributed by atoms with van der Waals surface area (Å²) in [6, 6.07) is 30.3. The van der Waals surface area contributed by atoms with Gasteiger partial charge in [-0.15, -0.1) is 0 Å². The van der Waals surface area contributed by atoms with Gasteiger partial charge in [0.25, 0.3) is 11.8 Å². The first-order chi connectivity index (χ1) is 28.3. The Morgan fingerprint density at radius 3 is 1.86 bits per heavy atom. The molecular formula is C43H39FN10O4. The van der Waals surface area contributed by atoms with E-state index in [9.17, 15) is 14.0 Å². The van der Waals surface area contributed by atoms with Gasteiger partial charge in [0.2, 0.25) is 0 Å². The van der Waals surface area contributed by atoms with Gasteiger partial charge in [-0.3, -0.25) is 9.59 Å². The number of amides is 2. The molecule has 0 unspecified atom stereocenters. The van der Waals surface area contributed by atoms with Crippen molar-refractivity contribution >= 4 is 23.2 Å². The van der Waals surface area contributed by atoms with Gasteiger partial charge in [-0.25, -0.2) is 13.8 Å². The van der Waals surface area contributed by atoms with E-state index in [0.29, 0.717) is 35.7 Å². The molecule has 2 aromatic heterocycles. The molecule has 0 saturated carbocycles. The monoisotopic (exact) mass is 778 g/mol. The highest BCUT2D eigenvalue weighted by atomic mass is 19.1. The lowest BCUT2D eigenvalue weighted by Crippen LogP contribution is -2.33. The van der Waals surface area contributed by atoms with Crippen LogP contribution in [-0.2, 0) is 9.47 Å². The Balaban J connectivity index is 0.000000177. The molecule has 8 rings (SSSR count). The molecule has 292 valence electrons. The summed E-state index contributed by atoms with van der Waals surface area (Å²) in [5.74, 6) is -1.16. The number of halogens is 1. The second kappa shape index (κ2) is 18.3. The van der Waals surface area contributed by atoms with Gasteiger partial charge in [-0.2, -0.15) is 20.7 Å². The van der Waals surface area contributed by atoms with Crippen molar-refractivity contribution in [1.82, 2.24) is 30.2 Å². The standard InChI is InChI=1S/C22H21N5O2.C21H18FN5O2/c1-15-20(13-25-27(15)19-8-2-16(12-23)3-9-19)22(28)26-18-6-4-17(5-7-18)21-14-24-10-11-29-21;22-18-9-14(10-23)1-6-19(18)27-13-16(11-25-27)21(28)26-17-4-2-15(3-5-17)20-12-24-7-8-29-20/h2-9,13,21,24H,10-11,14H2,1H3,(H,26,28);1-6,9,11,13,20,24H,7-8,12H2,(H,26,28)/t21-;20-/m10/s1. The zero-order valence-electron chi connectivity index (χ0n) is 31.5. The molecule has 15 heteroatoms. The maximum atomic E-state index is 14.1. The third kappa shape index (κ3) is 9.33. The highest BCUT2D eigenvalue weighted by Crippen LogP contribution is 2.24. The van der Waals surface area contributed by atoms with Gasteiger partial charge in [0.15, 0.2) is 0 Å². The van der Waals surface area contributed by atoms with Crippen LogP contribution in [0.25, 0.3) is 11.4 Å². The van der Waals surface area contributed by atoms with E-state index in [0.717, 1.165) is 54.8 Å². The summed E-state index contributed by atoms with van der Waals surface area (Å²) in [6.07, 6.45) is 4.41. The SMILES string of the molecule is Cc1c(C(=O)Nc2ccc([C@H]3CNCCO3)cc2)cnn1-c1ccc(C#N)cc1.N#Cc1ccc(-n2cc(C(=O)Nc3ccc([C@@H]4CNCCO4)cc3)cn2)c(F)c1. The van der Waals surface area contributed by atoms with Crippen LogP contribution in [0.2, 0.25) is 0 Å².